The summed E-state index contributed by atoms with van der Waals surface area (Å²) in [6.07, 6.45) is 0.852. The Morgan fingerprint density at radius 3 is 2.71 bits per heavy atom. The smallest absolute Gasteiger partial charge is 0.246 e. The van der Waals surface area contributed by atoms with E-state index in [1.165, 1.54) is 0 Å². The van der Waals surface area contributed by atoms with Crippen molar-refractivity contribution in [3.8, 4) is 5.75 Å². The van der Waals surface area contributed by atoms with Crippen LogP contribution in [0.1, 0.15) is 20.3 Å². The molecule has 5 nitrogen and oxygen atoms in total. The number of nitrogens with zero attached hydrogens (tertiary/aromatic N) is 1. The maximum Gasteiger partial charge on any atom is 0.246 e. The van der Waals surface area contributed by atoms with E-state index in [2.05, 4.69) is 5.32 Å². The Bertz CT molecular complexity index is 490. The molecule has 0 aliphatic carbocycles. The molecule has 1 aromatic carbocycles. The molecular weight excluding hydrogens is 268 g/mol. The van der Waals surface area contributed by atoms with Gasteiger partial charge in [0.1, 0.15) is 18.4 Å². The van der Waals surface area contributed by atoms with Gasteiger partial charge in [0.15, 0.2) is 0 Å². The summed E-state index contributed by atoms with van der Waals surface area (Å²) < 4.78 is 5.59. The second kappa shape index (κ2) is 7.11. The van der Waals surface area contributed by atoms with Crippen LogP contribution < -0.4 is 10.1 Å². The monoisotopic (exact) mass is 290 g/mol. The van der Waals surface area contributed by atoms with Crippen LogP contribution in [0.25, 0.3) is 0 Å². The molecule has 1 N–H and O–H groups in total. The Labute approximate surface area is 125 Å². The molecule has 0 aromatic heterocycles. The molecule has 0 spiro atoms. The lowest BCUT2D eigenvalue weighted by molar-refractivity contribution is -0.146. The molecule has 114 valence electrons. The van der Waals surface area contributed by atoms with E-state index < -0.39 is 6.04 Å². The summed E-state index contributed by atoms with van der Waals surface area (Å²) in [5.41, 5.74) is 0. The van der Waals surface area contributed by atoms with Crippen LogP contribution in [0, 0.1) is 5.92 Å². The normalized spacial score (nSPS) is 20.1. The number of benzene rings is 1. The van der Waals surface area contributed by atoms with Gasteiger partial charge in [-0.2, -0.15) is 0 Å². The number of rotatable bonds is 6. The zero-order chi connectivity index (χ0) is 15.2. The highest BCUT2D eigenvalue weighted by atomic mass is 16.5. The van der Waals surface area contributed by atoms with Gasteiger partial charge in [0, 0.05) is 0 Å². The molecule has 1 aliphatic heterocycles. The summed E-state index contributed by atoms with van der Waals surface area (Å²) in [7, 11) is 0. The summed E-state index contributed by atoms with van der Waals surface area (Å²) in [5, 5.41) is 2.78. The van der Waals surface area contributed by atoms with Gasteiger partial charge < -0.3 is 15.0 Å². The summed E-state index contributed by atoms with van der Waals surface area (Å²) in [5.74, 6) is 0.796. The molecule has 2 rings (SSSR count). The summed E-state index contributed by atoms with van der Waals surface area (Å²) in [6, 6.07) is 9.04. The molecule has 1 saturated heterocycles. The maximum atomic E-state index is 12.4. The number of piperazine rings is 1. The Hall–Kier alpha value is -2.04. The molecule has 0 radical (unpaired) electrons. The molecule has 0 bridgehead atoms. The van der Waals surface area contributed by atoms with Gasteiger partial charge in [0.05, 0.1) is 13.1 Å². The average molecular weight is 290 g/mol. The Balaban J connectivity index is 1.89. The second-order valence-electron chi connectivity index (χ2n) is 5.35. The van der Waals surface area contributed by atoms with E-state index >= 15 is 0 Å². The largest absolute Gasteiger partial charge is 0.492 e. The van der Waals surface area contributed by atoms with E-state index in [0.717, 1.165) is 12.2 Å². The molecule has 2 amide bonds. The van der Waals surface area contributed by atoms with Crippen molar-refractivity contribution in [1.29, 1.82) is 0 Å². The van der Waals surface area contributed by atoms with E-state index in [9.17, 15) is 9.59 Å². The second-order valence-corrected chi connectivity index (χ2v) is 5.35. The van der Waals surface area contributed by atoms with Crippen LogP contribution in [0.15, 0.2) is 30.3 Å². The van der Waals surface area contributed by atoms with E-state index in [1.54, 1.807) is 4.90 Å². The third kappa shape index (κ3) is 3.97. The van der Waals surface area contributed by atoms with Crippen LogP contribution in [-0.2, 0) is 9.59 Å². The minimum absolute atomic E-state index is 0.0133. The fourth-order valence-corrected chi connectivity index (χ4v) is 2.33. The van der Waals surface area contributed by atoms with Crippen LogP contribution in [-0.4, -0.2) is 42.5 Å². The molecule has 2 unspecified atom stereocenters. The number of amides is 2. The molecule has 2 atom stereocenters. The van der Waals surface area contributed by atoms with Crippen molar-refractivity contribution >= 4 is 11.8 Å². The van der Waals surface area contributed by atoms with E-state index in [1.807, 2.05) is 44.2 Å². The van der Waals surface area contributed by atoms with Crippen molar-refractivity contribution in [2.75, 3.05) is 19.7 Å². The van der Waals surface area contributed by atoms with Crippen LogP contribution in [0.3, 0.4) is 0 Å². The minimum atomic E-state index is -0.409. The third-order valence-corrected chi connectivity index (χ3v) is 3.81. The van der Waals surface area contributed by atoms with E-state index in [-0.39, 0.29) is 24.3 Å². The Morgan fingerprint density at radius 1 is 1.33 bits per heavy atom. The lowest BCUT2D eigenvalue weighted by atomic mass is 9.96. The van der Waals surface area contributed by atoms with Crippen molar-refractivity contribution in [3.05, 3.63) is 30.3 Å². The number of carbonyl (C=O) groups is 2. The molecule has 21 heavy (non-hydrogen) atoms. The van der Waals surface area contributed by atoms with Gasteiger partial charge in [-0.25, -0.2) is 0 Å². The first kappa shape index (κ1) is 15.4. The number of nitrogens with one attached hydrogen (secondary N) is 1. The lowest BCUT2D eigenvalue weighted by Gasteiger charge is -2.35. The first-order chi connectivity index (χ1) is 10.1. The molecule has 1 heterocycles. The standard InChI is InChI=1S/C16H22N2O3/c1-3-12(2)15-16(20)18(11-14(19)17-15)9-10-21-13-7-5-4-6-8-13/h4-8,12,15H,3,9-11H2,1-2H3,(H,17,19). The average Bonchev–Trinajstić information content (AvgIpc) is 2.50. The van der Waals surface area contributed by atoms with Gasteiger partial charge in [-0.15, -0.1) is 0 Å². The van der Waals surface area contributed by atoms with Gasteiger partial charge in [0.25, 0.3) is 0 Å². The number of hydrogen-bond acceptors (Lipinski definition) is 3. The fourth-order valence-electron chi connectivity index (χ4n) is 2.33. The summed E-state index contributed by atoms with van der Waals surface area (Å²) in [6.45, 7) is 4.92. The van der Waals surface area contributed by atoms with E-state index in [4.69, 9.17) is 4.74 Å². The van der Waals surface area contributed by atoms with Crippen molar-refractivity contribution in [3.63, 3.8) is 0 Å². The third-order valence-electron chi connectivity index (χ3n) is 3.81. The predicted octanol–water partition coefficient (Wildman–Crippen LogP) is 1.44. The quantitative estimate of drug-likeness (QED) is 0.862. The highest BCUT2D eigenvalue weighted by Gasteiger charge is 2.35. The number of carbonyl (C=O) groups excluding carboxylic acids is 2. The number of para-hydroxylation sites is 1. The first-order valence-corrected chi connectivity index (χ1v) is 7.37. The first-order valence-electron chi connectivity index (χ1n) is 7.37. The molecule has 1 aromatic rings. The Morgan fingerprint density at radius 2 is 2.05 bits per heavy atom. The zero-order valence-electron chi connectivity index (χ0n) is 12.5. The van der Waals surface area contributed by atoms with Gasteiger partial charge in [-0.05, 0) is 18.1 Å². The topological polar surface area (TPSA) is 58.6 Å². The van der Waals surface area contributed by atoms with E-state index in [0.29, 0.717) is 13.2 Å². The van der Waals surface area contributed by atoms with Crippen LogP contribution >= 0.6 is 0 Å². The zero-order valence-corrected chi connectivity index (χ0v) is 12.5. The Kier molecular flexibility index (Phi) is 5.20. The molecular formula is C16H22N2O3. The molecule has 5 heteroatoms. The van der Waals surface area contributed by atoms with Crippen molar-refractivity contribution in [2.24, 2.45) is 5.92 Å². The maximum absolute atomic E-state index is 12.4. The van der Waals surface area contributed by atoms with Crippen molar-refractivity contribution in [2.45, 2.75) is 26.3 Å². The predicted molar refractivity (Wildman–Crippen MR) is 79.9 cm³/mol. The highest BCUT2D eigenvalue weighted by molar-refractivity contribution is 5.95. The van der Waals surface area contributed by atoms with Gasteiger partial charge in [-0.1, -0.05) is 38.5 Å². The molecule has 1 fully saturated rings. The molecule has 1 aliphatic rings. The minimum Gasteiger partial charge on any atom is -0.492 e. The fraction of sp³-hybridized carbons (Fsp3) is 0.500. The van der Waals surface area contributed by atoms with Crippen LogP contribution in [0.5, 0.6) is 5.75 Å². The van der Waals surface area contributed by atoms with Crippen LogP contribution in [0.4, 0.5) is 0 Å². The lowest BCUT2D eigenvalue weighted by Crippen LogP contribution is -2.60. The van der Waals surface area contributed by atoms with Crippen LogP contribution in [0.2, 0.25) is 0 Å². The SMILES string of the molecule is CCC(C)C1NC(=O)CN(CCOc2ccccc2)C1=O. The van der Waals surface area contributed by atoms with Crippen molar-refractivity contribution in [1.82, 2.24) is 10.2 Å². The van der Waals surface area contributed by atoms with Crippen molar-refractivity contribution < 1.29 is 14.3 Å². The summed E-state index contributed by atoms with van der Waals surface area (Å²) in [4.78, 5) is 25.7. The number of ether oxygens (including phenoxy) is 1. The summed E-state index contributed by atoms with van der Waals surface area (Å²) >= 11 is 0. The van der Waals surface area contributed by atoms with Gasteiger partial charge in [-0.3, -0.25) is 9.59 Å². The van der Waals surface area contributed by atoms with Gasteiger partial charge >= 0.3 is 0 Å². The van der Waals surface area contributed by atoms with Gasteiger partial charge in [0.2, 0.25) is 11.8 Å². The molecule has 0 saturated carbocycles. The number of hydrogen-bond donors (Lipinski definition) is 1. The highest BCUT2D eigenvalue weighted by Crippen LogP contribution is 2.14.